The van der Waals surface area contributed by atoms with Crippen molar-refractivity contribution in [2.75, 3.05) is 5.73 Å². The molecule has 0 radical (unpaired) electrons. The van der Waals surface area contributed by atoms with Crippen LogP contribution in [0, 0.1) is 25.2 Å². The third-order valence-corrected chi connectivity index (χ3v) is 3.41. The maximum atomic E-state index is 9.13. The minimum absolute atomic E-state index is 0.0571. The molecule has 6 heteroatoms. The standard InChI is InChI=1S/C12H16N6/c1-7-8(2)18(11(14)10(7)5-13)9(3)12-16-15-6-17(12)4/h6,9H,14H2,1-4H3. The van der Waals surface area contributed by atoms with Crippen LogP contribution in [-0.4, -0.2) is 19.3 Å². The van der Waals surface area contributed by atoms with E-state index in [0.29, 0.717) is 11.4 Å². The molecule has 0 aliphatic rings. The van der Waals surface area contributed by atoms with Crippen LogP contribution in [0.15, 0.2) is 6.33 Å². The number of nitriles is 1. The Kier molecular flexibility index (Phi) is 2.83. The van der Waals surface area contributed by atoms with Gasteiger partial charge in [-0.05, 0) is 26.3 Å². The first kappa shape index (κ1) is 12.2. The predicted molar refractivity (Wildman–Crippen MR) is 67.8 cm³/mol. The highest BCUT2D eigenvalue weighted by atomic mass is 15.3. The fraction of sp³-hybridized carbons (Fsp3) is 0.417. The van der Waals surface area contributed by atoms with Crippen LogP contribution in [-0.2, 0) is 7.05 Å². The van der Waals surface area contributed by atoms with E-state index in [4.69, 9.17) is 11.0 Å². The topological polar surface area (TPSA) is 85.4 Å². The van der Waals surface area contributed by atoms with Gasteiger partial charge in [-0.25, -0.2) is 0 Å². The van der Waals surface area contributed by atoms with Gasteiger partial charge in [0.05, 0.1) is 11.6 Å². The van der Waals surface area contributed by atoms with Gasteiger partial charge in [-0.2, -0.15) is 5.26 Å². The number of aromatic nitrogens is 4. The molecule has 18 heavy (non-hydrogen) atoms. The number of hydrogen-bond donors (Lipinski definition) is 1. The lowest BCUT2D eigenvalue weighted by atomic mass is 10.2. The third kappa shape index (κ3) is 1.56. The Morgan fingerprint density at radius 2 is 2.11 bits per heavy atom. The van der Waals surface area contributed by atoms with Gasteiger partial charge in [0.25, 0.3) is 0 Å². The molecule has 94 valence electrons. The van der Waals surface area contributed by atoms with Crippen LogP contribution in [0.3, 0.4) is 0 Å². The molecule has 0 saturated heterocycles. The van der Waals surface area contributed by atoms with E-state index in [0.717, 1.165) is 17.1 Å². The molecule has 2 aromatic rings. The number of anilines is 1. The average molecular weight is 244 g/mol. The molecule has 1 atom stereocenters. The molecule has 0 saturated carbocycles. The summed E-state index contributed by atoms with van der Waals surface area (Å²) in [5, 5.41) is 17.1. The maximum absolute atomic E-state index is 9.13. The Morgan fingerprint density at radius 3 is 2.56 bits per heavy atom. The Labute approximate surface area is 106 Å². The third-order valence-electron chi connectivity index (χ3n) is 3.41. The van der Waals surface area contributed by atoms with Gasteiger partial charge >= 0.3 is 0 Å². The quantitative estimate of drug-likeness (QED) is 0.862. The molecule has 0 aliphatic heterocycles. The van der Waals surface area contributed by atoms with E-state index in [1.54, 1.807) is 6.33 Å². The number of nitrogens with two attached hydrogens (primary N) is 1. The molecule has 0 aliphatic carbocycles. The summed E-state index contributed by atoms with van der Waals surface area (Å²) in [6.07, 6.45) is 1.65. The molecule has 0 amide bonds. The maximum Gasteiger partial charge on any atom is 0.155 e. The Balaban J connectivity index is 2.60. The Hall–Kier alpha value is -2.29. The number of aryl methyl sites for hydroxylation is 1. The van der Waals surface area contributed by atoms with Crippen LogP contribution >= 0.6 is 0 Å². The van der Waals surface area contributed by atoms with Crippen LogP contribution in [0.4, 0.5) is 5.82 Å². The molecule has 2 aromatic heterocycles. The van der Waals surface area contributed by atoms with E-state index >= 15 is 0 Å². The van der Waals surface area contributed by atoms with Gasteiger partial charge in [0, 0.05) is 12.7 Å². The highest BCUT2D eigenvalue weighted by Gasteiger charge is 2.22. The summed E-state index contributed by atoms with van der Waals surface area (Å²) in [4.78, 5) is 0. The summed E-state index contributed by atoms with van der Waals surface area (Å²) < 4.78 is 3.78. The first-order valence-electron chi connectivity index (χ1n) is 5.69. The summed E-state index contributed by atoms with van der Waals surface area (Å²) in [6.45, 7) is 5.86. The highest BCUT2D eigenvalue weighted by Crippen LogP contribution is 2.29. The summed E-state index contributed by atoms with van der Waals surface area (Å²) in [7, 11) is 1.89. The summed E-state index contributed by atoms with van der Waals surface area (Å²) in [6, 6.07) is 2.09. The lowest BCUT2D eigenvalue weighted by Gasteiger charge is -2.17. The molecule has 0 bridgehead atoms. The van der Waals surface area contributed by atoms with E-state index in [1.807, 2.05) is 37.0 Å². The number of nitrogens with zero attached hydrogens (tertiary/aromatic N) is 5. The fourth-order valence-corrected chi connectivity index (χ4v) is 2.28. The van der Waals surface area contributed by atoms with E-state index in [2.05, 4.69) is 16.3 Å². The van der Waals surface area contributed by atoms with E-state index in [1.165, 1.54) is 0 Å². The largest absolute Gasteiger partial charge is 0.384 e. The zero-order chi connectivity index (χ0) is 13.4. The van der Waals surface area contributed by atoms with Crippen molar-refractivity contribution in [3.05, 3.63) is 29.0 Å². The minimum Gasteiger partial charge on any atom is -0.384 e. The fourth-order valence-electron chi connectivity index (χ4n) is 2.28. The van der Waals surface area contributed by atoms with Gasteiger partial charge in [-0.15, -0.1) is 10.2 Å². The zero-order valence-corrected chi connectivity index (χ0v) is 11.0. The molecule has 1 unspecified atom stereocenters. The van der Waals surface area contributed by atoms with Gasteiger partial charge < -0.3 is 14.9 Å². The predicted octanol–water partition coefficient (Wildman–Crippen LogP) is 1.30. The molecule has 0 fully saturated rings. The second-order valence-corrected chi connectivity index (χ2v) is 4.43. The van der Waals surface area contributed by atoms with Crippen molar-refractivity contribution in [1.82, 2.24) is 19.3 Å². The second-order valence-electron chi connectivity index (χ2n) is 4.43. The van der Waals surface area contributed by atoms with Gasteiger partial charge in [-0.1, -0.05) is 0 Å². The zero-order valence-electron chi connectivity index (χ0n) is 11.0. The van der Waals surface area contributed by atoms with Crippen LogP contribution < -0.4 is 5.73 Å². The average Bonchev–Trinajstić information content (AvgIpc) is 2.83. The number of hydrogen-bond acceptors (Lipinski definition) is 4. The van der Waals surface area contributed by atoms with E-state index in [9.17, 15) is 0 Å². The second kappa shape index (κ2) is 4.18. The molecule has 2 rings (SSSR count). The normalized spacial score (nSPS) is 12.4. The van der Waals surface area contributed by atoms with Crippen molar-refractivity contribution >= 4 is 5.82 Å². The number of rotatable bonds is 2. The van der Waals surface area contributed by atoms with Gasteiger partial charge in [0.15, 0.2) is 5.82 Å². The molecule has 6 nitrogen and oxygen atoms in total. The monoisotopic (exact) mass is 244 g/mol. The van der Waals surface area contributed by atoms with Crippen molar-refractivity contribution in [3.63, 3.8) is 0 Å². The van der Waals surface area contributed by atoms with Crippen molar-refractivity contribution in [2.24, 2.45) is 7.05 Å². The van der Waals surface area contributed by atoms with Crippen molar-refractivity contribution in [2.45, 2.75) is 26.8 Å². The van der Waals surface area contributed by atoms with Crippen LogP contribution in [0.5, 0.6) is 0 Å². The van der Waals surface area contributed by atoms with E-state index in [-0.39, 0.29) is 6.04 Å². The summed E-state index contributed by atoms with van der Waals surface area (Å²) in [5.74, 6) is 1.30. The minimum atomic E-state index is -0.0571. The van der Waals surface area contributed by atoms with Crippen molar-refractivity contribution in [1.29, 1.82) is 5.26 Å². The SMILES string of the molecule is Cc1c(C#N)c(N)n(C(C)c2nncn2C)c1C. The smallest absolute Gasteiger partial charge is 0.155 e. The summed E-state index contributed by atoms with van der Waals surface area (Å²) in [5.41, 5.74) is 8.50. The highest BCUT2D eigenvalue weighted by molar-refractivity contribution is 5.58. The van der Waals surface area contributed by atoms with Gasteiger partial charge in [0.1, 0.15) is 18.2 Å². The molecule has 2 N–H and O–H groups in total. The molecular weight excluding hydrogens is 228 g/mol. The number of nitrogen functional groups attached to an aromatic ring is 1. The molecule has 0 aromatic carbocycles. The van der Waals surface area contributed by atoms with Crippen molar-refractivity contribution < 1.29 is 0 Å². The lowest BCUT2D eigenvalue weighted by Crippen LogP contribution is -2.15. The first-order valence-corrected chi connectivity index (χ1v) is 5.69. The van der Waals surface area contributed by atoms with Crippen LogP contribution in [0.2, 0.25) is 0 Å². The van der Waals surface area contributed by atoms with E-state index < -0.39 is 0 Å². The Bertz CT molecular complexity index is 628. The lowest BCUT2D eigenvalue weighted by molar-refractivity contribution is 0.570. The first-order chi connectivity index (χ1) is 8.49. The molecule has 0 spiro atoms. The summed E-state index contributed by atoms with van der Waals surface area (Å²) >= 11 is 0. The van der Waals surface area contributed by atoms with Gasteiger partial charge in [-0.3, -0.25) is 0 Å². The van der Waals surface area contributed by atoms with Crippen molar-refractivity contribution in [3.8, 4) is 6.07 Å². The van der Waals surface area contributed by atoms with Crippen LogP contribution in [0.25, 0.3) is 0 Å². The molecule has 2 heterocycles. The Morgan fingerprint density at radius 1 is 1.44 bits per heavy atom. The van der Waals surface area contributed by atoms with Gasteiger partial charge in [0.2, 0.25) is 0 Å². The van der Waals surface area contributed by atoms with Crippen LogP contribution in [0.1, 0.15) is 35.6 Å². The molecular formula is C12H16N6.